The summed E-state index contributed by atoms with van der Waals surface area (Å²) < 4.78 is 7.83. The molecule has 0 spiro atoms. The summed E-state index contributed by atoms with van der Waals surface area (Å²) in [7, 11) is 0. The van der Waals surface area contributed by atoms with Crippen molar-refractivity contribution in [1.82, 2.24) is 14.8 Å². The molecule has 0 aliphatic carbocycles. The van der Waals surface area contributed by atoms with E-state index < -0.39 is 0 Å². The first kappa shape index (κ1) is 15.6. The molecule has 0 fully saturated rings. The fourth-order valence-electron chi connectivity index (χ4n) is 3.23. The maximum Gasteiger partial charge on any atom is 0.178 e. The van der Waals surface area contributed by atoms with Crippen LogP contribution < -0.4 is 4.74 Å². The summed E-state index contributed by atoms with van der Waals surface area (Å²) in [5, 5.41) is 9.15. The first-order chi connectivity index (χ1) is 12.8. The van der Waals surface area contributed by atoms with Crippen molar-refractivity contribution in [2.45, 2.75) is 6.42 Å². The van der Waals surface area contributed by atoms with Gasteiger partial charge in [0.05, 0.1) is 22.2 Å². The molecule has 0 bridgehead atoms. The van der Waals surface area contributed by atoms with Crippen molar-refractivity contribution < 1.29 is 4.74 Å². The highest BCUT2D eigenvalue weighted by Crippen LogP contribution is 2.43. The van der Waals surface area contributed by atoms with E-state index in [-0.39, 0.29) is 0 Å². The second kappa shape index (κ2) is 6.27. The van der Waals surface area contributed by atoms with Crippen LogP contribution in [0.1, 0.15) is 5.56 Å². The van der Waals surface area contributed by atoms with Crippen LogP contribution in [0.2, 0.25) is 5.02 Å². The van der Waals surface area contributed by atoms with Crippen molar-refractivity contribution in [2.75, 3.05) is 6.61 Å². The average molecular weight is 380 g/mol. The predicted molar refractivity (Wildman–Crippen MR) is 104 cm³/mol. The molecule has 6 heteroatoms. The highest BCUT2D eigenvalue weighted by molar-refractivity contribution is 7.19. The Bertz CT molecular complexity index is 1100. The first-order valence-electron chi connectivity index (χ1n) is 8.31. The molecule has 0 atom stereocenters. The lowest BCUT2D eigenvalue weighted by Crippen LogP contribution is -1.98. The number of benzene rings is 2. The van der Waals surface area contributed by atoms with Crippen molar-refractivity contribution in [3.05, 3.63) is 71.5 Å². The third-order valence-electron chi connectivity index (χ3n) is 4.45. The van der Waals surface area contributed by atoms with Gasteiger partial charge in [-0.3, -0.25) is 4.57 Å². The molecule has 0 amide bonds. The zero-order valence-electron chi connectivity index (χ0n) is 13.7. The molecule has 2 aromatic heterocycles. The number of halogens is 1. The van der Waals surface area contributed by atoms with E-state index in [9.17, 15) is 0 Å². The Morgan fingerprint density at radius 3 is 2.85 bits per heavy atom. The molecule has 0 N–H and O–H groups in total. The van der Waals surface area contributed by atoms with Crippen molar-refractivity contribution in [3.8, 4) is 32.6 Å². The van der Waals surface area contributed by atoms with Crippen molar-refractivity contribution in [1.29, 1.82) is 0 Å². The molecule has 4 nitrogen and oxygen atoms in total. The number of fused-ring (bicyclic) bond motifs is 3. The van der Waals surface area contributed by atoms with Crippen LogP contribution in [0.4, 0.5) is 0 Å². The number of rotatable bonds is 2. The molecule has 0 saturated carbocycles. The Hall–Kier alpha value is -2.63. The zero-order chi connectivity index (χ0) is 17.5. The van der Waals surface area contributed by atoms with Gasteiger partial charge in [0.2, 0.25) is 0 Å². The number of aromatic nitrogens is 3. The monoisotopic (exact) mass is 379 g/mol. The second-order valence-corrected chi connectivity index (χ2v) is 7.49. The molecular weight excluding hydrogens is 366 g/mol. The number of hydrogen-bond acceptors (Lipinski definition) is 4. The number of ether oxygens (including phenoxy) is 1. The number of thiophene rings is 1. The minimum atomic E-state index is 0.672. The predicted octanol–water partition coefficient (Wildman–Crippen LogP) is 5.25. The Balaban J connectivity index is 1.66. The summed E-state index contributed by atoms with van der Waals surface area (Å²) in [4.78, 5) is 2.31. The maximum atomic E-state index is 6.38. The van der Waals surface area contributed by atoms with Gasteiger partial charge in [-0.05, 0) is 35.9 Å². The van der Waals surface area contributed by atoms with Gasteiger partial charge in [0.1, 0.15) is 12.1 Å². The Morgan fingerprint density at radius 1 is 1.08 bits per heavy atom. The summed E-state index contributed by atoms with van der Waals surface area (Å²) in [6, 6.07) is 18.1. The van der Waals surface area contributed by atoms with E-state index in [0.717, 1.165) is 34.1 Å². The first-order valence-corrected chi connectivity index (χ1v) is 9.51. The number of nitrogens with zero attached hydrogens (tertiary/aromatic N) is 3. The molecule has 1 aliphatic heterocycles. The van der Waals surface area contributed by atoms with Crippen molar-refractivity contribution in [3.63, 3.8) is 0 Å². The lowest BCUT2D eigenvalue weighted by Gasteiger charge is -2.07. The Kier molecular flexibility index (Phi) is 3.76. The van der Waals surface area contributed by atoms with Gasteiger partial charge in [0.25, 0.3) is 0 Å². The molecule has 0 radical (unpaired) electrons. The largest absolute Gasteiger partial charge is 0.493 e. The van der Waals surface area contributed by atoms with Gasteiger partial charge in [-0.15, -0.1) is 21.5 Å². The third-order valence-corrected chi connectivity index (χ3v) is 5.98. The summed E-state index contributed by atoms with van der Waals surface area (Å²) in [5.74, 6) is 1.74. The summed E-state index contributed by atoms with van der Waals surface area (Å²) >= 11 is 8.09. The van der Waals surface area contributed by atoms with Crippen LogP contribution in [-0.2, 0) is 6.42 Å². The molecule has 4 aromatic rings. The van der Waals surface area contributed by atoms with E-state index in [1.165, 1.54) is 10.4 Å². The van der Waals surface area contributed by atoms with E-state index in [0.29, 0.717) is 11.6 Å². The average Bonchev–Trinajstić information content (AvgIpc) is 3.26. The number of para-hydroxylation sites is 2. The van der Waals surface area contributed by atoms with Crippen LogP contribution in [0.25, 0.3) is 26.8 Å². The van der Waals surface area contributed by atoms with E-state index in [4.69, 9.17) is 16.3 Å². The minimum Gasteiger partial charge on any atom is -0.493 e. The van der Waals surface area contributed by atoms with Crippen LogP contribution in [0.3, 0.4) is 0 Å². The molecule has 128 valence electrons. The standard InChI is InChI=1S/C20H14ClN3OS/c21-15-6-2-3-7-16(15)24-12-22-23-20(24)18-11-13-9-10-25-17-8-4-1-5-14(17)19(13)26-18/h1-8,11-12H,9-10H2. The fraction of sp³-hybridized carbons (Fsp3) is 0.100. The minimum absolute atomic E-state index is 0.672. The topological polar surface area (TPSA) is 39.9 Å². The SMILES string of the molecule is Clc1ccccc1-n1cnnc1-c1cc2c(s1)-c1ccccc1OCC2. The molecule has 2 aromatic carbocycles. The van der Waals surface area contributed by atoms with Gasteiger partial charge in [-0.1, -0.05) is 35.9 Å². The van der Waals surface area contributed by atoms with E-state index >= 15 is 0 Å². The molecule has 1 aliphatic rings. The van der Waals surface area contributed by atoms with Crippen LogP contribution in [0.15, 0.2) is 60.9 Å². The van der Waals surface area contributed by atoms with Gasteiger partial charge < -0.3 is 4.74 Å². The molecule has 0 unspecified atom stereocenters. The molecule has 3 heterocycles. The van der Waals surface area contributed by atoms with Gasteiger partial charge in [-0.2, -0.15) is 0 Å². The van der Waals surface area contributed by atoms with Crippen LogP contribution in [0, 0.1) is 0 Å². The third kappa shape index (κ3) is 2.52. The smallest absolute Gasteiger partial charge is 0.178 e. The number of hydrogen-bond donors (Lipinski definition) is 0. The summed E-state index contributed by atoms with van der Waals surface area (Å²) in [5.41, 5.74) is 3.30. The van der Waals surface area contributed by atoms with Crippen molar-refractivity contribution in [2.24, 2.45) is 0 Å². The second-order valence-electron chi connectivity index (χ2n) is 6.04. The highest BCUT2D eigenvalue weighted by atomic mass is 35.5. The molecular formula is C20H14ClN3OS. The van der Waals surface area contributed by atoms with Crippen molar-refractivity contribution >= 4 is 22.9 Å². The van der Waals surface area contributed by atoms with E-state index in [1.54, 1.807) is 17.7 Å². The highest BCUT2D eigenvalue weighted by Gasteiger charge is 2.21. The van der Waals surface area contributed by atoms with Gasteiger partial charge in [-0.25, -0.2) is 0 Å². The summed E-state index contributed by atoms with van der Waals surface area (Å²) in [6.45, 7) is 0.678. The molecule has 26 heavy (non-hydrogen) atoms. The van der Waals surface area contributed by atoms with Gasteiger partial charge in [0, 0.05) is 16.9 Å². The zero-order valence-corrected chi connectivity index (χ0v) is 15.3. The summed E-state index contributed by atoms with van der Waals surface area (Å²) in [6.07, 6.45) is 2.58. The van der Waals surface area contributed by atoms with Gasteiger partial charge >= 0.3 is 0 Å². The van der Waals surface area contributed by atoms with Gasteiger partial charge in [0.15, 0.2) is 5.82 Å². The van der Waals surface area contributed by atoms with Crippen LogP contribution >= 0.6 is 22.9 Å². The van der Waals surface area contributed by atoms with Crippen LogP contribution in [0.5, 0.6) is 5.75 Å². The normalized spacial score (nSPS) is 12.8. The molecule has 5 rings (SSSR count). The lowest BCUT2D eigenvalue weighted by molar-refractivity contribution is 0.326. The quantitative estimate of drug-likeness (QED) is 0.477. The maximum absolute atomic E-state index is 6.38. The Morgan fingerprint density at radius 2 is 1.92 bits per heavy atom. The Labute approximate surface area is 159 Å². The van der Waals surface area contributed by atoms with Crippen LogP contribution in [-0.4, -0.2) is 21.4 Å². The van der Waals surface area contributed by atoms with E-state index in [2.05, 4.69) is 22.3 Å². The van der Waals surface area contributed by atoms with E-state index in [1.807, 2.05) is 47.0 Å². The fourth-order valence-corrected chi connectivity index (χ4v) is 4.68. The molecule has 0 saturated heterocycles. The lowest BCUT2D eigenvalue weighted by atomic mass is 10.1.